The smallest absolute Gasteiger partial charge is 0.256 e. The fraction of sp³-hybridized carbons (Fsp3) is 0.286. The van der Waals surface area contributed by atoms with E-state index in [9.17, 15) is 18.9 Å². The fourth-order valence-electron chi connectivity index (χ4n) is 2.02. The zero-order valence-corrected chi connectivity index (χ0v) is 12.6. The average molecular weight is 360 g/mol. The number of nitrogens with zero attached hydrogens (tertiary/aromatic N) is 1. The van der Waals surface area contributed by atoms with Crippen molar-refractivity contribution in [1.82, 2.24) is 0 Å². The van der Waals surface area contributed by atoms with Crippen molar-refractivity contribution < 1.29 is 18.4 Å². The van der Waals surface area contributed by atoms with Gasteiger partial charge in [0.25, 0.3) is 5.54 Å². The van der Waals surface area contributed by atoms with Crippen LogP contribution in [-0.4, -0.2) is 15.8 Å². The molecule has 1 aliphatic rings. The third-order valence-electron chi connectivity index (χ3n) is 3.41. The summed E-state index contributed by atoms with van der Waals surface area (Å²) in [5.74, 6) is -1.83. The van der Waals surface area contributed by atoms with E-state index in [1.165, 1.54) is 18.2 Å². The SMILES string of the molecule is CC1C=C(Oc2ccc(F)cc2F)C=CC1(CBr)[N+](=O)[O-]. The number of rotatable bonds is 4. The van der Waals surface area contributed by atoms with Crippen molar-refractivity contribution in [3.05, 3.63) is 63.9 Å². The molecular weight excluding hydrogens is 348 g/mol. The summed E-state index contributed by atoms with van der Waals surface area (Å²) < 4.78 is 31.7. The highest BCUT2D eigenvalue weighted by Crippen LogP contribution is 2.33. The van der Waals surface area contributed by atoms with Crippen LogP contribution in [0.2, 0.25) is 0 Å². The third kappa shape index (κ3) is 2.97. The lowest BCUT2D eigenvalue weighted by Crippen LogP contribution is -2.45. The number of alkyl halides is 1. The van der Waals surface area contributed by atoms with Gasteiger partial charge in [0.05, 0.1) is 11.2 Å². The van der Waals surface area contributed by atoms with Gasteiger partial charge in [0.1, 0.15) is 11.6 Å². The summed E-state index contributed by atoms with van der Waals surface area (Å²) in [4.78, 5) is 10.9. The van der Waals surface area contributed by atoms with Crippen molar-refractivity contribution in [3.63, 3.8) is 0 Å². The summed E-state index contributed by atoms with van der Waals surface area (Å²) in [6.07, 6.45) is 4.39. The Bertz CT molecular complexity index is 633. The van der Waals surface area contributed by atoms with Crippen LogP contribution in [0.3, 0.4) is 0 Å². The van der Waals surface area contributed by atoms with Crippen LogP contribution in [0.5, 0.6) is 5.75 Å². The van der Waals surface area contributed by atoms with Crippen LogP contribution in [0.4, 0.5) is 8.78 Å². The lowest BCUT2D eigenvalue weighted by Gasteiger charge is -2.27. The number of ether oxygens (including phenoxy) is 1. The molecule has 0 aliphatic heterocycles. The van der Waals surface area contributed by atoms with Gasteiger partial charge in [-0.1, -0.05) is 22.9 Å². The molecule has 0 heterocycles. The maximum Gasteiger partial charge on any atom is 0.256 e. The number of nitro groups is 1. The standard InChI is InChI=1S/C14H12BrF2NO3/c1-9-6-11(4-5-14(9,8-15)18(19)20)21-13-3-2-10(16)7-12(13)17/h2-7,9H,8H2,1H3. The Morgan fingerprint density at radius 1 is 1.48 bits per heavy atom. The van der Waals surface area contributed by atoms with Gasteiger partial charge in [0.15, 0.2) is 11.6 Å². The molecular formula is C14H12BrF2NO3. The molecule has 0 N–H and O–H groups in total. The van der Waals surface area contributed by atoms with Gasteiger partial charge in [0.2, 0.25) is 0 Å². The molecule has 0 aromatic heterocycles. The molecule has 0 saturated carbocycles. The van der Waals surface area contributed by atoms with E-state index in [-0.39, 0.29) is 21.8 Å². The second-order valence-corrected chi connectivity index (χ2v) is 5.31. The zero-order valence-electron chi connectivity index (χ0n) is 11.1. The van der Waals surface area contributed by atoms with Gasteiger partial charge in [-0.05, 0) is 30.4 Å². The van der Waals surface area contributed by atoms with Crippen molar-refractivity contribution in [2.45, 2.75) is 12.5 Å². The zero-order chi connectivity index (χ0) is 15.6. The Morgan fingerprint density at radius 2 is 2.19 bits per heavy atom. The number of hydrogen-bond acceptors (Lipinski definition) is 3. The molecule has 4 nitrogen and oxygen atoms in total. The molecule has 7 heteroatoms. The Balaban J connectivity index is 2.23. The number of halogens is 3. The fourth-order valence-corrected chi connectivity index (χ4v) is 2.92. The van der Waals surface area contributed by atoms with Crippen molar-refractivity contribution in [1.29, 1.82) is 0 Å². The van der Waals surface area contributed by atoms with Crippen molar-refractivity contribution in [2.75, 3.05) is 5.33 Å². The van der Waals surface area contributed by atoms with Crippen LogP contribution in [0.1, 0.15) is 6.92 Å². The normalized spacial score (nSPS) is 24.6. The molecule has 0 fully saturated rings. The van der Waals surface area contributed by atoms with Crippen LogP contribution in [0.15, 0.2) is 42.2 Å². The molecule has 112 valence electrons. The minimum Gasteiger partial charge on any atom is -0.455 e. The predicted molar refractivity (Wildman–Crippen MR) is 76.9 cm³/mol. The Kier molecular flexibility index (Phi) is 4.41. The van der Waals surface area contributed by atoms with E-state index in [2.05, 4.69) is 15.9 Å². The molecule has 0 saturated heterocycles. The van der Waals surface area contributed by atoms with E-state index in [4.69, 9.17) is 4.74 Å². The first kappa shape index (κ1) is 15.6. The van der Waals surface area contributed by atoms with Crippen LogP contribution >= 0.6 is 15.9 Å². The quantitative estimate of drug-likeness (QED) is 0.466. The minimum atomic E-state index is -1.26. The van der Waals surface area contributed by atoms with E-state index in [1.807, 2.05) is 0 Å². The third-order valence-corrected chi connectivity index (χ3v) is 4.31. The highest BCUT2D eigenvalue weighted by molar-refractivity contribution is 9.09. The number of hydrogen-bond donors (Lipinski definition) is 0. The lowest BCUT2D eigenvalue weighted by atomic mass is 9.83. The van der Waals surface area contributed by atoms with Crippen molar-refractivity contribution in [2.24, 2.45) is 5.92 Å². The molecule has 0 amide bonds. The summed E-state index contributed by atoms with van der Waals surface area (Å²) in [5, 5.41) is 11.4. The average Bonchev–Trinajstić information content (AvgIpc) is 2.42. The largest absolute Gasteiger partial charge is 0.455 e. The van der Waals surface area contributed by atoms with Gasteiger partial charge in [-0.15, -0.1) is 0 Å². The van der Waals surface area contributed by atoms with Gasteiger partial charge >= 0.3 is 0 Å². The van der Waals surface area contributed by atoms with Gasteiger partial charge in [0, 0.05) is 11.0 Å². The molecule has 2 unspecified atom stereocenters. The summed E-state index contributed by atoms with van der Waals surface area (Å²) in [5.41, 5.74) is -1.26. The molecule has 0 radical (unpaired) electrons. The first-order chi connectivity index (χ1) is 9.89. The van der Waals surface area contributed by atoms with Crippen molar-refractivity contribution >= 4 is 15.9 Å². The van der Waals surface area contributed by atoms with Crippen molar-refractivity contribution in [3.8, 4) is 5.75 Å². The molecule has 2 rings (SSSR count). The second kappa shape index (κ2) is 5.93. The van der Waals surface area contributed by atoms with Crippen LogP contribution < -0.4 is 4.74 Å². The van der Waals surface area contributed by atoms with Crippen LogP contribution in [-0.2, 0) is 0 Å². The van der Waals surface area contributed by atoms with Crippen LogP contribution in [0.25, 0.3) is 0 Å². The summed E-state index contributed by atoms with van der Waals surface area (Å²) in [6, 6.07) is 2.96. The minimum absolute atomic E-state index is 0.132. The number of benzene rings is 1. The highest BCUT2D eigenvalue weighted by Gasteiger charge is 2.46. The maximum atomic E-state index is 13.5. The monoisotopic (exact) mass is 359 g/mol. The molecule has 1 aliphatic carbocycles. The number of allylic oxidation sites excluding steroid dienone is 1. The second-order valence-electron chi connectivity index (χ2n) is 4.75. The van der Waals surface area contributed by atoms with Gasteiger partial charge in [-0.25, -0.2) is 8.78 Å². The lowest BCUT2D eigenvalue weighted by molar-refractivity contribution is -0.555. The first-order valence-electron chi connectivity index (χ1n) is 6.13. The summed E-state index contributed by atoms with van der Waals surface area (Å²) in [6.45, 7) is 1.68. The predicted octanol–water partition coefficient (Wildman–Crippen LogP) is 3.84. The summed E-state index contributed by atoms with van der Waals surface area (Å²) >= 11 is 3.15. The topological polar surface area (TPSA) is 52.4 Å². The summed E-state index contributed by atoms with van der Waals surface area (Å²) in [7, 11) is 0. The Labute approximate surface area is 128 Å². The van der Waals surface area contributed by atoms with E-state index in [0.29, 0.717) is 6.07 Å². The van der Waals surface area contributed by atoms with E-state index in [1.54, 1.807) is 13.0 Å². The highest BCUT2D eigenvalue weighted by atomic mass is 79.9. The molecule has 2 atom stereocenters. The van der Waals surface area contributed by atoms with Gasteiger partial charge in [-0.2, -0.15) is 0 Å². The van der Waals surface area contributed by atoms with Gasteiger partial charge in [-0.3, -0.25) is 10.1 Å². The molecule has 1 aromatic rings. The van der Waals surface area contributed by atoms with Crippen LogP contribution in [0, 0.1) is 27.7 Å². The Morgan fingerprint density at radius 3 is 2.71 bits per heavy atom. The maximum absolute atomic E-state index is 13.5. The molecule has 0 spiro atoms. The Hall–Kier alpha value is -1.76. The molecule has 21 heavy (non-hydrogen) atoms. The molecule has 0 bridgehead atoms. The first-order valence-corrected chi connectivity index (χ1v) is 7.25. The van der Waals surface area contributed by atoms with E-state index < -0.39 is 23.1 Å². The van der Waals surface area contributed by atoms with E-state index in [0.717, 1.165) is 6.07 Å². The molecule has 1 aromatic carbocycles. The van der Waals surface area contributed by atoms with Gasteiger partial charge < -0.3 is 4.74 Å². The van der Waals surface area contributed by atoms with E-state index >= 15 is 0 Å².